The molecule has 0 aliphatic carbocycles. The largest absolute Gasteiger partial charge is 0.380 e. The van der Waals surface area contributed by atoms with E-state index in [1.54, 1.807) is 7.11 Å². The van der Waals surface area contributed by atoms with E-state index in [9.17, 15) is 0 Å². The first-order valence-electron chi connectivity index (χ1n) is 7.15. The Morgan fingerprint density at radius 1 is 1.33 bits per heavy atom. The number of nitrogens with zero attached hydrogens (tertiary/aromatic N) is 2. The van der Waals surface area contributed by atoms with Gasteiger partial charge < -0.3 is 15.0 Å². The van der Waals surface area contributed by atoms with Crippen LogP contribution < -0.4 is 5.32 Å². The molecule has 0 unspecified atom stereocenters. The summed E-state index contributed by atoms with van der Waals surface area (Å²) in [5.41, 5.74) is 2.48. The molecule has 0 saturated heterocycles. The summed E-state index contributed by atoms with van der Waals surface area (Å²) in [6.45, 7) is 5.74. The fraction of sp³-hybridized carbons (Fsp3) is 0.353. The highest BCUT2D eigenvalue weighted by Crippen LogP contribution is 2.22. The molecule has 0 bridgehead atoms. The number of benzene rings is 1. The molecule has 0 aliphatic rings. The summed E-state index contributed by atoms with van der Waals surface area (Å²) in [4.78, 5) is 6.54. The Bertz CT molecular complexity index is 637. The normalized spacial score (nSPS) is 11.7. The molecule has 0 radical (unpaired) electrons. The monoisotopic (exact) mass is 285 g/mol. The lowest BCUT2D eigenvalue weighted by Gasteiger charge is -2.13. The molecule has 4 heteroatoms. The number of hydrogen-bond donors (Lipinski definition) is 1. The molecule has 1 N–H and O–H groups in total. The molecule has 0 spiro atoms. The Morgan fingerprint density at radius 3 is 2.86 bits per heavy atom. The van der Waals surface area contributed by atoms with E-state index in [4.69, 9.17) is 4.74 Å². The second kappa shape index (κ2) is 7.09. The number of ether oxygens (including phenoxy) is 1. The molecule has 112 valence electrons. The fourth-order valence-electron chi connectivity index (χ4n) is 2.13. The lowest BCUT2D eigenvalue weighted by molar-refractivity contribution is 0.221. The van der Waals surface area contributed by atoms with E-state index >= 15 is 0 Å². The third-order valence-corrected chi connectivity index (χ3v) is 3.49. The standard InChI is InChI=1S/C17H23N3O/c1-5-20(3)11-13(2)14-6-7-15-10-18-17(19-12-21-4)9-16(15)8-14/h6-11H,5,12H2,1-4H3,(H,18,19)/b13-11+. The van der Waals surface area contributed by atoms with Gasteiger partial charge in [-0.25, -0.2) is 4.98 Å². The van der Waals surface area contributed by atoms with Crippen molar-refractivity contribution in [3.8, 4) is 0 Å². The molecule has 2 aromatic rings. The summed E-state index contributed by atoms with van der Waals surface area (Å²) in [5, 5.41) is 5.43. The lowest BCUT2D eigenvalue weighted by Crippen LogP contribution is -2.09. The minimum absolute atomic E-state index is 0.457. The van der Waals surface area contributed by atoms with Gasteiger partial charge in [0.15, 0.2) is 0 Å². The Morgan fingerprint density at radius 2 is 2.14 bits per heavy atom. The number of allylic oxidation sites excluding steroid dienone is 1. The molecule has 1 aromatic carbocycles. The van der Waals surface area contributed by atoms with Crippen LogP contribution in [0.2, 0.25) is 0 Å². The molecule has 0 fully saturated rings. The highest BCUT2D eigenvalue weighted by molar-refractivity contribution is 5.87. The van der Waals surface area contributed by atoms with Crippen LogP contribution in [0.25, 0.3) is 16.3 Å². The maximum absolute atomic E-state index is 5.01. The minimum Gasteiger partial charge on any atom is -0.380 e. The van der Waals surface area contributed by atoms with Crippen molar-refractivity contribution in [2.45, 2.75) is 13.8 Å². The molecule has 0 amide bonds. The molecular weight excluding hydrogens is 262 g/mol. The van der Waals surface area contributed by atoms with Crippen molar-refractivity contribution in [2.24, 2.45) is 0 Å². The predicted molar refractivity (Wildman–Crippen MR) is 89.2 cm³/mol. The lowest BCUT2D eigenvalue weighted by atomic mass is 10.0. The van der Waals surface area contributed by atoms with Crippen LogP contribution in [0.15, 0.2) is 36.7 Å². The van der Waals surface area contributed by atoms with Crippen LogP contribution in [0.5, 0.6) is 0 Å². The zero-order valence-corrected chi connectivity index (χ0v) is 13.2. The van der Waals surface area contributed by atoms with Gasteiger partial charge in [-0.1, -0.05) is 12.1 Å². The number of methoxy groups -OCH3 is 1. The highest BCUT2D eigenvalue weighted by atomic mass is 16.5. The topological polar surface area (TPSA) is 37.4 Å². The smallest absolute Gasteiger partial charge is 0.128 e. The predicted octanol–water partition coefficient (Wildman–Crippen LogP) is 3.56. The van der Waals surface area contributed by atoms with Crippen LogP contribution in [0.3, 0.4) is 0 Å². The third kappa shape index (κ3) is 3.95. The first-order valence-corrected chi connectivity index (χ1v) is 7.15. The average Bonchev–Trinajstić information content (AvgIpc) is 2.51. The van der Waals surface area contributed by atoms with E-state index in [1.807, 2.05) is 6.20 Å². The molecule has 0 saturated carbocycles. The maximum Gasteiger partial charge on any atom is 0.128 e. The summed E-state index contributed by atoms with van der Waals surface area (Å²) < 4.78 is 5.01. The van der Waals surface area contributed by atoms with Crippen LogP contribution in [-0.4, -0.2) is 37.3 Å². The van der Waals surface area contributed by atoms with Crippen LogP contribution >= 0.6 is 0 Å². The van der Waals surface area contributed by atoms with Gasteiger partial charge in [-0.05, 0) is 42.5 Å². The maximum atomic E-state index is 5.01. The van der Waals surface area contributed by atoms with E-state index in [0.29, 0.717) is 6.73 Å². The number of hydrogen-bond acceptors (Lipinski definition) is 4. The van der Waals surface area contributed by atoms with E-state index in [-0.39, 0.29) is 0 Å². The molecule has 0 aliphatic heterocycles. The summed E-state index contributed by atoms with van der Waals surface area (Å²) in [6, 6.07) is 8.50. The van der Waals surface area contributed by atoms with Gasteiger partial charge in [0.1, 0.15) is 12.5 Å². The molecule has 21 heavy (non-hydrogen) atoms. The van der Waals surface area contributed by atoms with E-state index < -0.39 is 0 Å². The number of rotatable bonds is 6. The number of anilines is 1. The minimum atomic E-state index is 0.457. The average molecular weight is 285 g/mol. The number of pyridine rings is 1. The van der Waals surface area contributed by atoms with Gasteiger partial charge in [0.2, 0.25) is 0 Å². The van der Waals surface area contributed by atoms with Gasteiger partial charge in [0.25, 0.3) is 0 Å². The number of aromatic nitrogens is 1. The van der Waals surface area contributed by atoms with Crippen molar-refractivity contribution in [2.75, 3.05) is 32.7 Å². The van der Waals surface area contributed by atoms with E-state index in [2.05, 4.69) is 66.6 Å². The Balaban J connectivity index is 2.32. The SMILES string of the molecule is CCN(C)/C=C(\C)c1ccc2cnc(NCOC)cc2c1. The van der Waals surface area contributed by atoms with Crippen molar-refractivity contribution in [3.63, 3.8) is 0 Å². The van der Waals surface area contributed by atoms with Crippen LogP contribution in [-0.2, 0) is 4.74 Å². The van der Waals surface area contributed by atoms with E-state index in [1.165, 1.54) is 16.5 Å². The highest BCUT2D eigenvalue weighted by Gasteiger charge is 2.02. The summed E-state index contributed by atoms with van der Waals surface area (Å²) >= 11 is 0. The zero-order chi connectivity index (χ0) is 15.2. The van der Waals surface area contributed by atoms with Crippen LogP contribution in [0.4, 0.5) is 5.82 Å². The second-order valence-electron chi connectivity index (χ2n) is 5.13. The number of nitrogens with one attached hydrogen (secondary N) is 1. The Hall–Kier alpha value is -2.07. The molecule has 4 nitrogen and oxygen atoms in total. The third-order valence-electron chi connectivity index (χ3n) is 3.49. The fourth-order valence-corrected chi connectivity index (χ4v) is 2.13. The second-order valence-corrected chi connectivity index (χ2v) is 5.13. The first-order chi connectivity index (χ1) is 10.1. The Labute approximate surface area is 126 Å². The molecule has 0 atom stereocenters. The van der Waals surface area contributed by atoms with Crippen molar-refractivity contribution in [1.29, 1.82) is 0 Å². The Kier molecular flexibility index (Phi) is 5.17. The van der Waals surface area contributed by atoms with Gasteiger partial charge >= 0.3 is 0 Å². The summed E-state index contributed by atoms with van der Waals surface area (Å²) in [6.07, 6.45) is 4.06. The van der Waals surface area contributed by atoms with E-state index in [0.717, 1.165) is 17.7 Å². The molecule has 2 rings (SSSR count). The van der Waals surface area contributed by atoms with Gasteiger partial charge in [-0.2, -0.15) is 0 Å². The molecule has 1 aromatic heterocycles. The van der Waals surface area contributed by atoms with Crippen molar-refractivity contribution in [1.82, 2.24) is 9.88 Å². The zero-order valence-electron chi connectivity index (χ0n) is 13.2. The van der Waals surface area contributed by atoms with Crippen LogP contribution in [0.1, 0.15) is 19.4 Å². The van der Waals surface area contributed by atoms with Crippen molar-refractivity contribution >= 4 is 22.2 Å². The van der Waals surface area contributed by atoms with Gasteiger partial charge in [-0.3, -0.25) is 0 Å². The van der Waals surface area contributed by atoms with Crippen LogP contribution in [0, 0.1) is 0 Å². The molecular formula is C17H23N3O. The van der Waals surface area contributed by atoms with Gasteiger partial charge in [0.05, 0.1) is 0 Å². The van der Waals surface area contributed by atoms with Gasteiger partial charge in [-0.15, -0.1) is 0 Å². The first kappa shape index (κ1) is 15.3. The van der Waals surface area contributed by atoms with Crippen molar-refractivity contribution < 1.29 is 4.74 Å². The van der Waals surface area contributed by atoms with Gasteiger partial charge in [0, 0.05) is 38.5 Å². The summed E-state index contributed by atoms with van der Waals surface area (Å²) in [7, 11) is 3.74. The number of fused-ring (bicyclic) bond motifs is 1. The molecule has 1 heterocycles. The quantitative estimate of drug-likeness (QED) is 0.823. The summed E-state index contributed by atoms with van der Waals surface area (Å²) in [5.74, 6) is 0.828. The van der Waals surface area contributed by atoms with Crippen molar-refractivity contribution in [3.05, 3.63) is 42.2 Å².